The highest BCUT2D eigenvalue weighted by Gasteiger charge is 2.14. The quantitative estimate of drug-likeness (QED) is 0.475. The van der Waals surface area contributed by atoms with Crippen molar-refractivity contribution >= 4 is 11.6 Å². The van der Waals surface area contributed by atoms with E-state index in [9.17, 15) is 4.39 Å². The molecule has 0 radical (unpaired) electrons. The van der Waals surface area contributed by atoms with Gasteiger partial charge in [0, 0.05) is 11.1 Å². The first kappa shape index (κ1) is 18.4. The summed E-state index contributed by atoms with van der Waals surface area (Å²) in [5.74, 6) is -0.266. The summed E-state index contributed by atoms with van der Waals surface area (Å²) in [6, 6.07) is 4.98. The minimum atomic E-state index is -0.266. The summed E-state index contributed by atoms with van der Waals surface area (Å²) >= 11 is 6.20. The minimum Gasteiger partial charge on any atom is -0.310 e. The van der Waals surface area contributed by atoms with Crippen molar-refractivity contribution in [2.45, 2.75) is 71.3 Å². The third-order valence-corrected chi connectivity index (χ3v) is 4.15. The summed E-state index contributed by atoms with van der Waals surface area (Å²) in [7, 11) is 0. The molecule has 1 rings (SSSR count). The number of hydrogen-bond acceptors (Lipinski definition) is 1. The van der Waals surface area contributed by atoms with E-state index in [1.165, 1.54) is 50.7 Å². The van der Waals surface area contributed by atoms with Crippen LogP contribution < -0.4 is 5.32 Å². The van der Waals surface area contributed by atoms with Crippen LogP contribution >= 0.6 is 11.6 Å². The van der Waals surface area contributed by atoms with Crippen molar-refractivity contribution in [3.63, 3.8) is 0 Å². The van der Waals surface area contributed by atoms with Gasteiger partial charge in [0.2, 0.25) is 0 Å². The second kappa shape index (κ2) is 11.0. The van der Waals surface area contributed by atoms with Crippen LogP contribution in [0.25, 0.3) is 0 Å². The van der Waals surface area contributed by atoms with Gasteiger partial charge in [0.1, 0.15) is 5.82 Å². The fraction of sp³-hybridized carbons (Fsp3) is 0.667. The Morgan fingerprint density at radius 3 is 2.43 bits per heavy atom. The van der Waals surface area contributed by atoms with Gasteiger partial charge >= 0.3 is 0 Å². The van der Waals surface area contributed by atoms with Crippen LogP contribution in [0.2, 0.25) is 5.02 Å². The zero-order valence-corrected chi connectivity index (χ0v) is 14.2. The number of benzene rings is 1. The molecule has 0 amide bonds. The van der Waals surface area contributed by atoms with Gasteiger partial charge in [-0.1, -0.05) is 70.0 Å². The topological polar surface area (TPSA) is 12.0 Å². The van der Waals surface area contributed by atoms with Crippen LogP contribution in [0.15, 0.2) is 18.2 Å². The molecule has 0 saturated carbocycles. The summed E-state index contributed by atoms with van der Waals surface area (Å²) in [5, 5.41) is 4.08. The van der Waals surface area contributed by atoms with E-state index >= 15 is 0 Å². The molecule has 0 heterocycles. The molecule has 1 aromatic carbocycles. The molecule has 0 aliphatic rings. The van der Waals surface area contributed by atoms with Gasteiger partial charge in [-0.3, -0.25) is 0 Å². The first-order chi connectivity index (χ1) is 10.2. The molecule has 0 aliphatic heterocycles. The number of rotatable bonds is 11. The Morgan fingerprint density at radius 1 is 1.05 bits per heavy atom. The Balaban J connectivity index is 2.50. The van der Waals surface area contributed by atoms with Crippen LogP contribution in [0.3, 0.4) is 0 Å². The molecule has 1 N–H and O–H groups in total. The minimum absolute atomic E-state index is 0.240. The van der Waals surface area contributed by atoms with Crippen molar-refractivity contribution in [3.05, 3.63) is 34.6 Å². The van der Waals surface area contributed by atoms with Gasteiger partial charge < -0.3 is 5.32 Å². The fourth-order valence-electron chi connectivity index (χ4n) is 2.60. The number of halogens is 2. The van der Waals surface area contributed by atoms with E-state index in [1.807, 2.05) is 6.07 Å². The molecule has 0 saturated heterocycles. The molecule has 0 aromatic heterocycles. The monoisotopic (exact) mass is 313 g/mol. The zero-order valence-electron chi connectivity index (χ0n) is 13.4. The Hall–Kier alpha value is -0.600. The van der Waals surface area contributed by atoms with E-state index in [0.717, 1.165) is 24.9 Å². The molecule has 21 heavy (non-hydrogen) atoms. The van der Waals surface area contributed by atoms with Crippen LogP contribution in [0, 0.1) is 5.82 Å². The van der Waals surface area contributed by atoms with Crippen molar-refractivity contribution in [2.24, 2.45) is 0 Å². The van der Waals surface area contributed by atoms with Gasteiger partial charge in [-0.2, -0.15) is 0 Å². The SMILES string of the molecule is CCCCCCCCC(NCCC)c1ccc(F)cc1Cl. The lowest BCUT2D eigenvalue weighted by atomic mass is 9.99. The standard InChI is InChI=1S/C18H29ClFN/c1-3-5-6-7-8-9-10-18(21-13-4-2)16-12-11-15(20)14-17(16)19/h11-12,14,18,21H,3-10,13H2,1-2H3. The second-order valence-corrected chi connectivity index (χ2v) is 6.14. The number of unbranched alkanes of at least 4 members (excludes halogenated alkanes) is 5. The molecular formula is C18H29ClFN. The normalized spacial score (nSPS) is 12.6. The lowest BCUT2D eigenvalue weighted by Crippen LogP contribution is -2.22. The zero-order chi connectivity index (χ0) is 15.5. The lowest BCUT2D eigenvalue weighted by molar-refractivity contribution is 0.466. The highest BCUT2D eigenvalue weighted by atomic mass is 35.5. The molecule has 1 atom stereocenters. The molecule has 0 spiro atoms. The van der Waals surface area contributed by atoms with Gasteiger partial charge in [-0.15, -0.1) is 0 Å². The maximum Gasteiger partial charge on any atom is 0.124 e. The van der Waals surface area contributed by atoms with Crippen molar-refractivity contribution in [2.75, 3.05) is 6.54 Å². The Morgan fingerprint density at radius 2 is 1.76 bits per heavy atom. The van der Waals surface area contributed by atoms with Crippen molar-refractivity contribution in [1.82, 2.24) is 5.32 Å². The highest BCUT2D eigenvalue weighted by Crippen LogP contribution is 2.28. The van der Waals surface area contributed by atoms with Crippen LogP contribution in [0.4, 0.5) is 4.39 Å². The van der Waals surface area contributed by atoms with Crippen LogP contribution in [-0.4, -0.2) is 6.54 Å². The van der Waals surface area contributed by atoms with Crippen LogP contribution in [0.1, 0.15) is 76.8 Å². The summed E-state index contributed by atoms with van der Waals surface area (Å²) in [6.07, 6.45) is 9.88. The van der Waals surface area contributed by atoms with Gasteiger partial charge in [-0.25, -0.2) is 4.39 Å². The molecule has 3 heteroatoms. The van der Waals surface area contributed by atoms with Crippen molar-refractivity contribution in [1.29, 1.82) is 0 Å². The second-order valence-electron chi connectivity index (χ2n) is 5.73. The maximum absolute atomic E-state index is 13.2. The largest absolute Gasteiger partial charge is 0.310 e. The van der Waals surface area contributed by atoms with Crippen LogP contribution in [0.5, 0.6) is 0 Å². The first-order valence-corrected chi connectivity index (χ1v) is 8.75. The molecule has 120 valence electrons. The Bertz CT molecular complexity index is 395. The Kier molecular flexibility index (Phi) is 9.69. The van der Waals surface area contributed by atoms with E-state index in [0.29, 0.717) is 5.02 Å². The smallest absolute Gasteiger partial charge is 0.124 e. The fourth-order valence-corrected chi connectivity index (χ4v) is 2.90. The third kappa shape index (κ3) is 7.28. The maximum atomic E-state index is 13.2. The molecule has 0 bridgehead atoms. The summed E-state index contributed by atoms with van der Waals surface area (Å²) in [5.41, 5.74) is 1.03. The van der Waals surface area contributed by atoms with Crippen molar-refractivity contribution < 1.29 is 4.39 Å². The summed E-state index contributed by atoms with van der Waals surface area (Å²) < 4.78 is 13.2. The summed E-state index contributed by atoms with van der Waals surface area (Å²) in [4.78, 5) is 0. The number of nitrogens with one attached hydrogen (secondary N) is 1. The average molecular weight is 314 g/mol. The molecule has 0 aliphatic carbocycles. The van der Waals surface area contributed by atoms with E-state index in [1.54, 1.807) is 0 Å². The molecule has 1 nitrogen and oxygen atoms in total. The van der Waals surface area contributed by atoms with Gasteiger partial charge in [0.25, 0.3) is 0 Å². The highest BCUT2D eigenvalue weighted by molar-refractivity contribution is 6.31. The molecule has 0 fully saturated rings. The predicted molar refractivity (Wildman–Crippen MR) is 90.4 cm³/mol. The molecule has 1 unspecified atom stereocenters. The Labute approximate surface area is 134 Å². The number of hydrogen-bond donors (Lipinski definition) is 1. The van der Waals surface area contributed by atoms with E-state index in [4.69, 9.17) is 11.6 Å². The molecule has 1 aromatic rings. The van der Waals surface area contributed by atoms with Crippen molar-refractivity contribution in [3.8, 4) is 0 Å². The van der Waals surface area contributed by atoms with Gasteiger partial charge in [0.15, 0.2) is 0 Å². The first-order valence-electron chi connectivity index (χ1n) is 8.37. The van der Waals surface area contributed by atoms with E-state index in [-0.39, 0.29) is 11.9 Å². The predicted octanol–water partition coefficient (Wildman–Crippen LogP) is 6.27. The lowest BCUT2D eigenvalue weighted by Gasteiger charge is -2.20. The van der Waals surface area contributed by atoms with E-state index in [2.05, 4.69) is 19.2 Å². The third-order valence-electron chi connectivity index (χ3n) is 3.83. The summed E-state index contributed by atoms with van der Waals surface area (Å²) in [6.45, 7) is 5.36. The van der Waals surface area contributed by atoms with Gasteiger partial charge in [-0.05, 0) is 37.1 Å². The van der Waals surface area contributed by atoms with Gasteiger partial charge in [0.05, 0.1) is 0 Å². The average Bonchev–Trinajstić information content (AvgIpc) is 2.46. The van der Waals surface area contributed by atoms with Crippen LogP contribution in [-0.2, 0) is 0 Å². The van der Waals surface area contributed by atoms with E-state index < -0.39 is 0 Å². The molecular weight excluding hydrogens is 285 g/mol.